The number of carbonyl (C=O) groups is 1. The van der Waals surface area contributed by atoms with Crippen LogP contribution >= 0.6 is 15.9 Å². The molecule has 0 aromatic heterocycles. The summed E-state index contributed by atoms with van der Waals surface area (Å²) in [4.78, 5) is 11.6. The summed E-state index contributed by atoms with van der Waals surface area (Å²) in [5.74, 6) is -0.262. The minimum Gasteiger partial charge on any atom is -0.444 e. The van der Waals surface area contributed by atoms with Crippen molar-refractivity contribution in [2.75, 3.05) is 6.54 Å². The molecular weight excluding hydrogens is 351 g/mol. The number of alkyl carbamates (subject to hydrolysis) is 1. The lowest BCUT2D eigenvalue weighted by Crippen LogP contribution is -2.42. The zero-order valence-corrected chi connectivity index (χ0v) is 15.3. The Labute approximate surface area is 139 Å². The van der Waals surface area contributed by atoms with Crippen LogP contribution in [-0.2, 0) is 4.74 Å². The van der Waals surface area contributed by atoms with Crippen LogP contribution in [0.25, 0.3) is 0 Å². The smallest absolute Gasteiger partial charge is 0.407 e. The molecule has 4 nitrogen and oxygen atoms in total. The first kappa shape index (κ1) is 18.9. The Balaban J connectivity index is 2.47. The van der Waals surface area contributed by atoms with Crippen molar-refractivity contribution < 1.29 is 13.9 Å². The van der Waals surface area contributed by atoms with Crippen molar-refractivity contribution in [1.82, 2.24) is 10.6 Å². The fraction of sp³-hybridized carbons (Fsp3) is 0.562. The number of ether oxygens (including phenoxy) is 1. The van der Waals surface area contributed by atoms with Crippen LogP contribution in [0.5, 0.6) is 0 Å². The van der Waals surface area contributed by atoms with E-state index in [4.69, 9.17) is 4.74 Å². The lowest BCUT2D eigenvalue weighted by molar-refractivity contribution is 0.0522. The fourth-order valence-electron chi connectivity index (χ4n) is 1.98. The molecule has 0 spiro atoms. The van der Waals surface area contributed by atoms with Gasteiger partial charge in [-0.25, -0.2) is 9.18 Å². The first-order valence-electron chi connectivity index (χ1n) is 7.26. The zero-order chi connectivity index (χ0) is 16.9. The zero-order valence-electron chi connectivity index (χ0n) is 13.7. The number of rotatable bonds is 5. The highest BCUT2D eigenvalue weighted by atomic mass is 79.9. The lowest BCUT2D eigenvalue weighted by atomic mass is 10.1. The lowest BCUT2D eigenvalue weighted by Gasteiger charge is -2.23. The van der Waals surface area contributed by atoms with Crippen molar-refractivity contribution in [3.63, 3.8) is 0 Å². The van der Waals surface area contributed by atoms with Crippen molar-refractivity contribution in [3.05, 3.63) is 34.1 Å². The second-order valence-electron chi connectivity index (χ2n) is 6.34. The van der Waals surface area contributed by atoms with E-state index in [0.29, 0.717) is 16.6 Å². The maximum Gasteiger partial charge on any atom is 0.407 e. The molecule has 1 aromatic rings. The van der Waals surface area contributed by atoms with Crippen molar-refractivity contribution in [2.45, 2.75) is 52.3 Å². The predicted molar refractivity (Wildman–Crippen MR) is 89.3 cm³/mol. The first-order valence-corrected chi connectivity index (χ1v) is 8.05. The summed E-state index contributed by atoms with van der Waals surface area (Å²) in [6, 6.07) is 4.80. The molecule has 2 N–H and O–H groups in total. The topological polar surface area (TPSA) is 50.4 Å². The molecule has 2 atom stereocenters. The van der Waals surface area contributed by atoms with E-state index in [0.717, 1.165) is 0 Å². The minimum atomic E-state index is -0.519. The van der Waals surface area contributed by atoms with E-state index in [1.807, 2.05) is 34.6 Å². The van der Waals surface area contributed by atoms with Crippen LogP contribution in [0.3, 0.4) is 0 Å². The molecule has 2 unspecified atom stereocenters. The van der Waals surface area contributed by atoms with Gasteiger partial charge in [0, 0.05) is 28.7 Å². The third-order valence-electron chi connectivity index (χ3n) is 2.91. The molecule has 22 heavy (non-hydrogen) atoms. The number of hydrogen-bond donors (Lipinski definition) is 2. The maximum absolute atomic E-state index is 13.9. The van der Waals surface area contributed by atoms with Gasteiger partial charge in [-0.05, 0) is 46.8 Å². The van der Waals surface area contributed by atoms with Crippen LogP contribution in [0.15, 0.2) is 22.7 Å². The summed E-state index contributed by atoms with van der Waals surface area (Å²) in [7, 11) is 0. The Hall–Kier alpha value is -1.14. The molecule has 1 aromatic carbocycles. The van der Waals surface area contributed by atoms with Crippen LogP contribution in [0.2, 0.25) is 0 Å². The summed E-state index contributed by atoms with van der Waals surface area (Å²) in [6.45, 7) is 9.64. The minimum absolute atomic E-state index is 0.0226. The fourth-order valence-corrected chi connectivity index (χ4v) is 2.31. The van der Waals surface area contributed by atoms with Crippen LogP contribution < -0.4 is 10.6 Å². The normalized spacial score (nSPS) is 14.3. The Kier molecular flexibility index (Phi) is 6.81. The molecule has 0 saturated heterocycles. The molecule has 0 aliphatic rings. The summed E-state index contributed by atoms with van der Waals surface area (Å²) in [5, 5.41) is 5.94. The second-order valence-corrected chi connectivity index (χ2v) is 7.25. The largest absolute Gasteiger partial charge is 0.444 e. The van der Waals surface area contributed by atoms with Crippen molar-refractivity contribution in [2.24, 2.45) is 0 Å². The highest BCUT2D eigenvalue weighted by Gasteiger charge is 2.18. The van der Waals surface area contributed by atoms with Crippen molar-refractivity contribution >= 4 is 22.0 Å². The van der Waals surface area contributed by atoms with Gasteiger partial charge in [-0.15, -0.1) is 0 Å². The van der Waals surface area contributed by atoms with Crippen LogP contribution in [0, 0.1) is 5.82 Å². The van der Waals surface area contributed by atoms with E-state index in [1.165, 1.54) is 6.07 Å². The molecule has 1 amide bonds. The molecule has 0 fully saturated rings. The Morgan fingerprint density at radius 3 is 2.55 bits per heavy atom. The maximum atomic E-state index is 13.9. The number of halogens is 2. The Bertz CT molecular complexity index is 517. The Morgan fingerprint density at radius 1 is 1.36 bits per heavy atom. The van der Waals surface area contributed by atoms with E-state index >= 15 is 0 Å². The van der Waals surface area contributed by atoms with Crippen molar-refractivity contribution in [1.29, 1.82) is 0 Å². The van der Waals surface area contributed by atoms with E-state index in [-0.39, 0.29) is 17.9 Å². The van der Waals surface area contributed by atoms with Gasteiger partial charge in [-0.1, -0.05) is 22.0 Å². The predicted octanol–water partition coefficient (Wildman–Crippen LogP) is 4.15. The standard InChI is InChI=1S/C16H24BrFN2O2/c1-10(9-19-15(21)22-16(3,4)5)20-11(2)13-7-6-12(17)8-14(13)18/h6-8,10-11,20H,9H2,1-5H3,(H,19,21). The molecule has 6 heteroatoms. The molecule has 0 heterocycles. The van der Waals surface area contributed by atoms with Crippen LogP contribution in [-0.4, -0.2) is 24.3 Å². The van der Waals surface area contributed by atoms with E-state index in [2.05, 4.69) is 26.6 Å². The third kappa shape index (κ3) is 6.75. The molecule has 0 aliphatic heterocycles. The summed E-state index contributed by atoms with van der Waals surface area (Å²) >= 11 is 3.24. The van der Waals surface area contributed by atoms with Gasteiger partial charge in [0.1, 0.15) is 11.4 Å². The van der Waals surface area contributed by atoms with Gasteiger partial charge >= 0.3 is 6.09 Å². The number of nitrogens with one attached hydrogen (secondary N) is 2. The third-order valence-corrected chi connectivity index (χ3v) is 3.41. The van der Waals surface area contributed by atoms with Gasteiger partial charge in [-0.2, -0.15) is 0 Å². The number of benzene rings is 1. The van der Waals surface area contributed by atoms with Crippen LogP contribution in [0.4, 0.5) is 9.18 Å². The van der Waals surface area contributed by atoms with E-state index in [1.54, 1.807) is 12.1 Å². The molecule has 0 radical (unpaired) electrons. The van der Waals surface area contributed by atoms with Gasteiger partial charge in [0.25, 0.3) is 0 Å². The SMILES string of the molecule is CC(CNC(=O)OC(C)(C)C)NC(C)c1ccc(Br)cc1F. The number of amides is 1. The van der Waals surface area contributed by atoms with Crippen molar-refractivity contribution in [3.8, 4) is 0 Å². The Morgan fingerprint density at radius 2 is 2.00 bits per heavy atom. The molecule has 1 rings (SSSR count). The molecule has 0 saturated carbocycles. The summed E-state index contributed by atoms with van der Waals surface area (Å²) in [5.41, 5.74) is 0.0709. The average Bonchev–Trinajstić information content (AvgIpc) is 2.34. The van der Waals surface area contributed by atoms with E-state index < -0.39 is 11.7 Å². The monoisotopic (exact) mass is 374 g/mol. The quantitative estimate of drug-likeness (QED) is 0.813. The highest BCUT2D eigenvalue weighted by Crippen LogP contribution is 2.21. The van der Waals surface area contributed by atoms with Gasteiger partial charge in [-0.3, -0.25) is 0 Å². The average molecular weight is 375 g/mol. The van der Waals surface area contributed by atoms with Gasteiger partial charge < -0.3 is 15.4 Å². The van der Waals surface area contributed by atoms with Gasteiger partial charge in [0.2, 0.25) is 0 Å². The molecule has 124 valence electrons. The first-order chi connectivity index (χ1) is 10.1. The highest BCUT2D eigenvalue weighted by molar-refractivity contribution is 9.10. The molecule has 0 bridgehead atoms. The van der Waals surface area contributed by atoms with Crippen LogP contribution in [0.1, 0.15) is 46.2 Å². The van der Waals surface area contributed by atoms with Gasteiger partial charge in [0.05, 0.1) is 0 Å². The second kappa shape index (κ2) is 7.92. The summed E-state index contributed by atoms with van der Waals surface area (Å²) < 4.78 is 19.8. The molecular formula is C16H24BrFN2O2. The number of hydrogen-bond acceptors (Lipinski definition) is 3. The number of carbonyl (C=O) groups excluding carboxylic acids is 1. The summed E-state index contributed by atoms with van der Waals surface area (Å²) in [6.07, 6.45) is -0.455. The van der Waals surface area contributed by atoms with Gasteiger partial charge in [0.15, 0.2) is 0 Å². The molecule has 0 aliphatic carbocycles. The van der Waals surface area contributed by atoms with E-state index in [9.17, 15) is 9.18 Å².